The molecule has 2 rings (SSSR count). The first-order chi connectivity index (χ1) is 6.79. The molecule has 1 N–H and O–H groups in total. The molecule has 0 spiro atoms. The summed E-state index contributed by atoms with van der Waals surface area (Å²) >= 11 is 1.88. The molecule has 2 nitrogen and oxygen atoms in total. The molecule has 0 amide bonds. The fourth-order valence-electron chi connectivity index (χ4n) is 2.32. The van der Waals surface area contributed by atoms with Crippen molar-refractivity contribution in [3.8, 4) is 0 Å². The predicted octanol–water partition coefficient (Wildman–Crippen LogP) is 2.20. The third-order valence-electron chi connectivity index (χ3n) is 3.27. The molecule has 0 aromatic heterocycles. The Morgan fingerprint density at radius 3 is 3.07 bits per heavy atom. The highest BCUT2D eigenvalue weighted by Gasteiger charge is 2.31. The zero-order valence-corrected chi connectivity index (χ0v) is 9.52. The van der Waals surface area contributed by atoms with Crippen LogP contribution in [0.15, 0.2) is 0 Å². The van der Waals surface area contributed by atoms with Gasteiger partial charge in [0.25, 0.3) is 0 Å². The van der Waals surface area contributed by atoms with Crippen LogP contribution in [0.5, 0.6) is 0 Å². The smallest absolute Gasteiger partial charge is 0.0745 e. The zero-order valence-electron chi connectivity index (χ0n) is 8.71. The third kappa shape index (κ3) is 2.88. The van der Waals surface area contributed by atoms with Gasteiger partial charge in [-0.1, -0.05) is 0 Å². The monoisotopic (exact) mass is 216 g/mol. The summed E-state index contributed by atoms with van der Waals surface area (Å²) in [6.45, 7) is 0.949. The van der Waals surface area contributed by atoms with Crippen LogP contribution in [-0.4, -0.2) is 34.9 Å². The van der Waals surface area contributed by atoms with Crippen molar-refractivity contribution in [2.75, 3.05) is 18.1 Å². The van der Waals surface area contributed by atoms with E-state index in [0.717, 1.165) is 43.8 Å². The van der Waals surface area contributed by atoms with Crippen LogP contribution in [0.1, 0.15) is 38.5 Å². The third-order valence-corrected chi connectivity index (χ3v) is 4.51. The van der Waals surface area contributed by atoms with Crippen molar-refractivity contribution >= 4 is 11.8 Å². The molecule has 0 aromatic carbocycles. The second-order valence-electron chi connectivity index (χ2n) is 4.55. The predicted molar refractivity (Wildman–Crippen MR) is 59.7 cm³/mol. The molecule has 14 heavy (non-hydrogen) atoms. The van der Waals surface area contributed by atoms with Gasteiger partial charge in [-0.3, -0.25) is 0 Å². The van der Waals surface area contributed by atoms with Crippen molar-refractivity contribution in [2.45, 2.75) is 50.2 Å². The van der Waals surface area contributed by atoms with Gasteiger partial charge in [0.15, 0.2) is 0 Å². The Morgan fingerprint density at radius 1 is 1.50 bits per heavy atom. The molecule has 0 bridgehead atoms. The highest BCUT2D eigenvalue weighted by Crippen LogP contribution is 2.32. The molecule has 0 aliphatic carbocycles. The number of rotatable bonds is 4. The van der Waals surface area contributed by atoms with Gasteiger partial charge in [-0.25, -0.2) is 0 Å². The molecular formula is C11H20O2S. The van der Waals surface area contributed by atoms with Gasteiger partial charge in [0, 0.05) is 12.4 Å². The van der Waals surface area contributed by atoms with Gasteiger partial charge >= 0.3 is 0 Å². The summed E-state index contributed by atoms with van der Waals surface area (Å²) < 4.78 is 5.56. The summed E-state index contributed by atoms with van der Waals surface area (Å²) in [7, 11) is 0. The SMILES string of the molecule is OC1(CCCC2CCCO2)CCSC1. The molecule has 82 valence electrons. The van der Waals surface area contributed by atoms with E-state index in [1.807, 2.05) is 11.8 Å². The lowest BCUT2D eigenvalue weighted by Crippen LogP contribution is -2.28. The van der Waals surface area contributed by atoms with Crippen LogP contribution in [0.2, 0.25) is 0 Å². The van der Waals surface area contributed by atoms with E-state index in [0.29, 0.717) is 6.10 Å². The van der Waals surface area contributed by atoms with E-state index < -0.39 is 0 Å². The fourth-order valence-corrected chi connectivity index (χ4v) is 3.66. The fraction of sp³-hybridized carbons (Fsp3) is 1.00. The number of hydrogen-bond acceptors (Lipinski definition) is 3. The van der Waals surface area contributed by atoms with Gasteiger partial charge in [0.1, 0.15) is 0 Å². The molecule has 0 saturated carbocycles. The minimum absolute atomic E-state index is 0.344. The molecule has 2 unspecified atom stereocenters. The summed E-state index contributed by atoms with van der Waals surface area (Å²) in [6.07, 6.45) is 7.18. The molecular weight excluding hydrogens is 196 g/mol. The van der Waals surface area contributed by atoms with Crippen molar-refractivity contribution in [1.29, 1.82) is 0 Å². The van der Waals surface area contributed by atoms with Gasteiger partial charge in [-0.15, -0.1) is 0 Å². The van der Waals surface area contributed by atoms with E-state index >= 15 is 0 Å². The van der Waals surface area contributed by atoms with Crippen LogP contribution in [0.4, 0.5) is 0 Å². The van der Waals surface area contributed by atoms with E-state index in [-0.39, 0.29) is 5.60 Å². The maximum atomic E-state index is 10.1. The highest BCUT2D eigenvalue weighted by molar-refractivity contribution is 7.99. The Kier molecular flexibility index (Phi) is 3.74. The maximum Gasteiger partial charge on any atom is 0.0745 e. The average molecular weight is 216 g/mol. The minimum atomic E-state index is -0.344. The van der Waals surface area contributed by atoms with E-state index in [2.05, 4.69) is 0 Å². The van der Waals surface area contributed by atoms with Crippen LogP contribution < -0.4 is 0 Å². The molecule has 0 radical (unpaired) electrons. The normalized spacial score (nSPS) is 37.9. The summed E-state index contributed by atoms with van der Waals surface area (Å²) in [5.41, 5.74) is -0.344. The summed E-state index contributed by atoms with van der Waals surface area (Å²) in [5, 5.41) is 10.1. The Morgan fingerprint density at radius 2 is 2.43 bits per heavy atom. The number of thioether (sulfide) groups is 1. The van der Waals surface area contributed by atoms with E-state index in [9.17, 15) is 5.11 Å². The van der Waals surface area contributed by atoms with Crippen LogP contribution in [-0.2, 0) is 4.74 Å². The second-order valence-corrected chi connectivity index (χ2v) is 5.66. The van der Waals surface area contributed by atoms with Crippen molar-refractivity contribution < 1.29 is 9.84 Å². The van der Waals surface area contributed by atoms with Crippen molar-refractivity contribution in [3.63, 3.8) is 0 Å². The Balaban J connectivity index is 1.61. The molecule has 2 atom stereocenters. The summed E-state index contributed by atoms with van der Waals surface area (Å²) in [4.78, 5) is 0. The van der Waals surface area contributed by atoms with E-state index in [4.69, 9.17) is 4.74 Å². The van der Waals surface area contributed by atoms with Crippen molar-refractivity contribution in [2.24, 2.45) is 0 Å². The lowest BCUT2D eigenvalue weighted by Gasteiger charge is -2.21. The van der Waals surface area contributed by atoms with E-state index in [1.165, 1.54) is 12.8 Å². The lowest BCUT2D eigenvalue weighted by molar-refractivity contribution is 0.0471. The van der Waals surface area contributed by atoms with Gasteiger partial charge < -0.3 is 9.84 Å². The van der Waals surface area contributed by atoms with Gasteiger partial charge in [-0.2, -0.15) is 11.8 Å². The first-order valence-corrected chi connectivity index (χ1v) is 6.86. The Bertz CT molecular complexity index is 172. The van der Waals surface area contributed by atoms with Crippen molar-refractivity contribution in [1.82, 2.24) is 0 Å². The number of ether oxygens (including phenoxy) is 1. The zero-order chi connectivity index (χ0) is 9.86. The molecule has 2 fully saturated rings. The first kappa shape index (κ1) is 10.8. The highest BCUT2D eigenvalue weighted by atomic mass is 32.2. The Hall–Kier alpha value is 0.270. The molecule has 0 aromatic rings. The first-order valence-electron chi connectivity index (χ1n) is 5.70. The lowest BCUT2D eigenvalue weighted by atomic mass is 9.95. The molecule has 3 heteroatoms. The minimum Gasteiger partial charge on any atom is -0.389 e. The van der Waals surface area contributed by atoms with E-state index in [1.54, 1.807) is 0 Å². The number of aliphatic hydroxyl groups is 1. The van der Waals surface area contributed by atoms with Crippen molar-refractivity contribution in [3.05, 3.63) is 0 Å². The van der Waals surface area contributed by atoms with Gasteiger partial charge in [-0.05, 0) is 44.3 Å². The molecule has 2 saturated heterocycles. The quantitative estimate of drug-likeness (QED) is 0.781. The average Bonchev–Trinajstić information content (AvgIpc) is 2.77. The molecule has 2 aliphatic rings. The van der Waals surface area contributed by atoms with Crippen LogP contribution in [0.25, 0.3) is 0 Å². The topological polar surface area (TPSA) is 29.5 Å². The number of hydrogen-bond donors (Lipinski definition) is 1. The summed E-state index contributed by atoms with van der Waals surface area (Å²) in [6, 6.07) is 0. The Labute approximate surface area is 90.4 Å². The summed E-state index contributed by atoms with van der Waals surface area (Å²) in [5.74, 6) is 2.08. The largest absolute Gasteiger partial charge is 0.389 e. The van der Waals surface area contributed by atoms with Gasteiger partial charge in [0.05, 0.1) is 11.7 Å². The standard InChI is InChI=1S/C11H20O2S/c12-11(6-8-14-9-11)5-1-3-10-4-2-7-13-10/h10,12H,1-9H2. The van der Waals surface area contributed by atoms with Crippen LogP contribution in [0, 0.1) is 0 Å². The molecule has 2 aliphatic heterocycles. The van der Waals surface area contributed by atoms with Gasteiger partial charge in [0.2, 0.25) is 0 Å². The van der Waals surface area contributed by atoms with Crippen LogP contribution >= 0.6 is 11.8 Å². The maximum absolute atomic E-state index is 10.1. The second kappa shape index (κ2) is 4.86. The molecule has 2 heterocycles. The van der Waals surface area contributed by atoms with Crippen LogP contribution in [0.3, 0.4) is 0 Å².